The van der Waals surface area contributed by atoms with E-state index in [2.05, 4.69) is 20.7 Å². The van der Waals surface area contributed by atoms with E-state index < -0.39 is 0 Å². The van der Waals surface area contributed by atoms with Gasteiger partial charge in [-0.15, -0.1) is 0 Å². The van der Waals surface area contributed by atoms with E-state index >= 15 is 0 Å². The average molecular weight is 279 g/mol. The highest BCUT2D eigenvalue weighted by molar-refractivity contribution is 6.11. The number of nitrogens with one attached hydrogen (secondary N) is 2. The van der Waals surface area contributed by atoms with Crippen molar-refractivity contribution in [2.75, 3.05) is 10.7 Å². The number of aromatic nitrogens is 2. The van der Waals surface area contributed by atoms with Gasteiger partial charge in [-0.25, -0.2) is 0 Å². The Hall–Kier alpha value is -2.99. The van der Waals surface area contributed by atoms with Crippen molar-refractivity contribution in [2.24, 2.45) is 5.84 Å². The van der Waals surface area contributed by atoms with Gasteiger partial charge in [0.15, 0.2) is 0 Å². The summed E-state index contributed by atoms with van der Waals surface area (Å²) in [7, 11) is 0. The molecule has 21 heavy (non-hydrogen) atoms. The van der Waals surface area contributed by atoms with Crippen molar-refractivity contribution in [1.29, 1.82) is 0 Å². The molecule has 0 aliphatic rings. The van der Waals surface area contributed by atoms with Crippen LogP contribution in [0.15, 0.2) is 55.0 Å². The van der Waals surface area contributed by atoms with Crippen LogP contribution in [0.1, 0.15) is 10.4 Å². The van der Waals surface area contributed by atoms with E-state index in [9.17, 15) is 4.79 Å². The van der Waals surface area contributed by atoms with Gasteiger partial charge >= 0.3 is 0 Å². The summed E-state index contributed by atoms with van der Waals surface area (Å²) in [5.74, 6) is 5.13. The lowest BCUT2D eigenvalue weighted by atomic mass is 10.1. The summed E-state index contributed by atoms with van der Waals surface area (Å²) in [5.41, 5.74) is 4.88. The SMILES string of the molecule is NNc1cnccc1C(=O)Nc1cccc2ncccc12. The van der Waals surface area contributed by atoms with E-state index in [0.717, 1.165) is 10.9 Å². The number of fused-ring (bicyclic) bond motifs is 1. The Balaban J connectivity index is 1.97. The smallest absolute Gasteiger partial charge is 0.257 e. The summed E-state index contributed by atoms with van der Waals surface area (Å²) in [6.07, 6.45) is 4.76. The first-order valence-corrected chi connectivity index (χ1v) is 6.35. The molecule has 0 aliphatic heterocycles. The Morgan fingerprint density at radius 1 is 1.05 bits per heavy atom. The van der Waals surface area contributed by atoms with Gasteiger partial charge in [0.1, 0.15) is 0 Å². The summed E-state index contributed by atoms with van der Waals surface area (Å²) in [6, 6.07) is 10.9. The van der Waals surface area contributed by atoms with Gasteiger partial charge in [0, 0.05) is 17.8 Å². The highest BCUT2D eigenvalue weighted by Gasteiger charge is 2.12. The largest absolute Gasteiger partial charge is 0.322 e. The number of nitrogens with two attached hydrogens (primary N) is 1. The Kier molecular flexibility index (Phi) is 3.44. The fourth-order valence-electron chi connectivity index (χ4n) is 2.11. The lowest BCUT2D eigenvalue weighted by molar-refractivity contribution is 0.102. The van der Waals surface area contributed by atoms with Crippen molar-refractivity contribution in [2.45, 2.75) is 0 Å². The van der Waals surface area contributed by atoms with Crippen LogP contribution in [0.25, 0.3) is 10.9 Å². The number of amides is 1. The normalized spacial score (nSPS) is 10.3. The quantitative estimate of drug-likeness (QED) is 0.504. The van der Waals surface area contributed by atoms with E-state index in [1.54, 1.807) is 18.5 Å². The number of hydrogen-bond acceptors (Lipinski definition) is 5. The van der Waals surface area contributed by atoms with Crippen LogP contribution < -0.4 is 16.6 Å². The third-order valence-electron chi connectivity index (χ3n) is 3.12. The van der Waals surface area contributed by atoms with E-state index in [0.29, 0.717) is 16.9 Å². The predicted octanol–water partition coefficient (Wildman–Crippen LogP) is 2.17. The van der Waals surface area contributed by atoms with Gasteiger partial charge in [-0.1, -0.05) is 6.07 Å². The molecule has 4 N–H and O–H groups in total. The number of hydrogen-bond donors (Lipinski definition) is 3. The van der Waals surface area contributed by atoms with Gasteiger partial charge in [0.25, 0.3) is 5.91 Å². The number of nitrogen functional groups attached to an aromatic ring is 1. The molecule has 1 amide bonds. The molecule has 3 aromatic rings. The molecular weight excluding hydrogens is 266 g/mol. The monoisotopic (exact) mass is 279 g/mol. The summed E-state index contributed by atoms with van der Waals surface area (Å²) in [6.45, 7) is 0. The summed E-state index contributed by atoms with van der Waals surface area (Å²) in [5, 5.41) is 3.75. The molecule has 3 rings (SSSR count). The van der Waals surface area contributed by atoms with Gasteiger partial charge < -0.3 is 10.7 Å². The molecule has 6 heteroatoms. The predicted molar refractivity (Wildman–Crippen MR) is 81.7 cm³/mol. The Bertz CT molecular complexity index is 797. The number of carbonyl (C=O) groups excluding carboxylic acids is 1. The second-order valence-electron chi connectivity index (χ2n) is 4.40. The minimum atomic E-state index is -0.262. The number of carbonyl (C=O) groups is 1. The second kappa shape index (κ2) is 5.56. The molecule has 0 saturated carbocycles. The molecular formula is C15H13N5O. The molecule has 0 aliphatic carbocycles. The molecule has 104 valence electrons. The molecule has 0 spiro atoms. The maximum Gasteiger partial charge on any atom is 0.257 e. The fourth-order valence-corrected chi connectivity index (χ4v) is 2.11. The standard InChI is InChI=1S/C15H13N5O/c16-20-14-9-17-8-6-11(14)15(21)19-13-5-1-4-12-10(13)3-2-7-18-12/h1-9,20H,16H2,(H,19,21). The van der Waals surface area contributed by atoms with Gasteiger partial charge in [-0.05, 0) is 30.3 Å². The third-order valence-corrected chi connectivity index (χ3v) is 3.12. The van der Waals surface area contributed by atoms with Crippen molar-refractivity contribution in [1.82, 2.24) is 9.97 Å². The Morgan fingerprint density at radius 2 is 1.95 bits per heavy atom. The first-order chi connectivity index (χ1) is 10.3. The minimum Gasteiger partial charge on any atom is -0.322 e. The molecule has 0 unspecified atom stereocenters. The van der Waals surface area contributed by atoms with Crippen molar-refractivity contribution < 1.29 is 4.79 Å². The maximum atomic E-state index is 12.4. The zero-order valence-corrected chi connectivity index (χ0v) is 11.1. The third kappa shape index (κ3) is 2.52. The molecule has 2 heterocycles. The molecule has 0 radical (unpaired) electrons. The van der Waals surface area contributed by atoms with Crippen LogP contribution in [0.5, 0.6) is 0 Å². The van der Waals surface area contributed by atoms with Crippen LogP contribution in [-0.4, -0.2) is 15.9 Å². The number of nitrogens with zero attached hydrogens (tertiary/aromatic N) is 2. The zero-order valence-electron chi connectivity index (χ0n) is 11.1. The van der Waals surface area contributed by atoms with Crippen molar-refractivity contribution >= 4 is 28.2 Å². The van der Waals surface area contributed by atoms with Crippen molar-refractivity contribution in [3.63, 3.8) is 0 Å². The van der Waals surface area contributed by atoms with E-state index in [-0.39, 0.29) is 5.91 Å². The molecule has 2 aromatic heterocycles. The molecule has 0 saturated heterocycles. The first kappa shape index (κ1) is 13.0. The number of hydrazine groups is 1. The fraction of sp³-hybridized carbons (Fsp3) is 0. The van der Waals surface area contributed by atoms with Crippen LogP contribution in [0.2, 0.25) is 0 Å². The Labute approximate surface area is 121 Å². The summed E-state index contributed by atoms with van der Waals surface area (Å²) >= 11 is 0. The Morgan fingerprint density at radius 3 is 2.81 bits per heavy atom. The van der Waals surface area contributed by atoms with E-state index in [1.807, 2.05) is 30.3 Å². The topological polar surface area (TPSA) is 92.9 Å². The summed E-state index contributed by atoms with van der Waals surface area (Å²) in [4.78, 5) is 20.6. The lowest BCUT2D eigenvalue weighted by Gasteiger charge is -2.10. The van der Waals surface area contributed by atoms with Crippen LogP contribution in [0, 0.1) is 0 Å². The molecule has 0 atom stereocenters. The van der Waals surface area contributed by atoms with Crippen LogP contribution >= 0.6 is 0 Å². The number of benzene rings is 1. The lowest BCUT2D eigenvalue weighted by Crippen LogP contribution is -2.17. The maximum absolute atomic E-state index is 12.4. The number of anilines is 2. The average Bonchev–Trinajstić information content (AvgIpc) is 2.55. The highest BCUT2D eigenvalue weighted by atomic mass is 16.1. The van der Waals surface area contributed by atoms with Crippen molar-refractivity contribution in [3.05, 3.63) is 60.6 Å². The second-order valence-corrected chi connectivity index (χ2v) is 4.40. The highest BCUT2D eigenvalue weighted by Crippen LogP contribution is 2.23. The zero-order chi connectivity index (χ0) is 14.7. The van der Waals surface area contributed by atoms with Crippen molar-refractivity contribution in [3.8, 4) is 0 Å². The summed E-state index contributed by atoms with van der Waals surface area (Å²) < 4.78 is 0. The molecule has 0 bridgehead atoms. The van der Waals surface area contributed by atoms with Crippen LogP contribution in [-0.2, 0) is 0 Å². The number of rotatable bonds is 3. The van der Waals surface area contributed by atoms with Crippen LogP contribution in [0.4, 0.5) is 11.4 Å². The van der Waals surface area contributed by atoms with Crippen LogP contribution in [0.3, 0.4) is 0 Å². The number of pyridine rings is 2. The minimum absolute atomic E-state index is 0.262. The molecule has 1 aromatic carbocycles. The van der Waals surface area contributed by atoms with E-state index in [4.69, 9.17) is 5.84 Å². The molecule has 6 nitrogen and oxygen atoms in total. The van der Waals surface area contributed by atoms with Gasteiger partial charge in [0.2, 0.25) is 0 Å². The van der Waals surface area contributed by atoms with Gasteiger partial charge in [-0.3, -0.25) is 20.6 Å². The van der Waals surface area contributed by atoms with Gasteiger partial charge in [-0.2, -0.15) is 0 Å². The van der Waals surface area contributed by atoms with Gasteiger partial charge in [0.05, 0.1) is 28.7 Å². The first-order valence-electron chi connectivity index (χ1n) is 6.35. The van der Waals surface area contributed by atoms with E-state index in [1.165, 1.54) is 6.20 Å². The molecule has 0 fully saturated rings.